The van der Waals surface area contributed by atoms with E-state index in [1.165, 1.54) is 6.07 Å². The third kappa shape index (κ3) is 5.51. The number of hydrogen-bond acceptors (Lipinski definition) is 5. The highest BCUT2D eigenvalue weighted by Crippen LogP contribution is 2.28. The normalized spacial score (nSPS) is 15.8. The molecule has 1 aliphatic rings. The molecule has 0 unspecified atom stereocenters. The SMILES string of the molecule is CN(C1CCN(CCCCOc2ccccc2F)CC1)S(=O)(=O)c1cccc2cnccc12. The average molecular weight is 472 g/mol. The van der Waals surface area contributed by atoms with E-state index in [1.54, 1.807) is 60.1 Å². The second-order valence-electron chi connectivity index (χ2n) is 8.43. The minimum Gasteiger partial charge on any atom is -0.491 e. The predicted octanol–water partition coefficient (Wildman–Crippen LogP) is 4.32. The first-order valence-electron chi connectivity index (χ1n) is 11.4. The molecule has 0 atom stereocenters. The Kier molecular flexibility index (Phi) is 7.57. The van der Waals surface area contributed by atoms with E-state index in [9.17, 15) is 12.8 Å². The minimum absolute atomic E-state index is 0.0206. The number of fused-ring (bicyclic) bond motifs is 1. The number of piperidine rings is 1. The van der Waals surface area contributed by atoms with E-state index >= 15 is 0 Å². The van der Waals surface area contributed by atoms with Crippen LogP contribution >= 0.6 is 0 Å². The van der Waals surface area contributed by atoms with Gasteiger partial charge in [0.05, 0.1) is 11.5 Å². The summed E-state index contributed by atoms with van der Waals surface area (Å²) in [7, 11) is -1.91. The van der Waals surface area contributed by atoms with E-state index in [4.69, 9.17) is 4.74 Å². The summed E-state index contributed by atoms with van der Waals surface area (Å²) in [4.78, 5) is 6.80. The van der Waals surface area contributed by atoms with Crippen molar-refractivity contribution in [2.75, 3.05) is 33.3 Å². The van der Waals surface area contributed by atoms with Crippen LogP contribution in [0.5, 0.6) is 5.75 Å². The van der Waals surface area contributed by atoms with Crippen molar-refractivity contribution in [3.05, 3.63) is 66.7 Å². The Morgan fingerprint density at radius 2 is 1.88 bits per heavy atom. The van der Waals surface area contributed by atoms with Crippen molar-refractivity contribution in [2.24, 2.45) is 0 Å². The minimum atomic E-state index is -3.60. The third-order valence-electron chi connectivity index (χ3n) is 6.33. The zero-order valence-electron chi connectivity index (χ0n) is 18.9. The summed E-state index contributed by atoms with van der Waals surface area (Å²) in [5.74, 6) is -0.0381. The van der Waals surface area contributed by atoms with Gasteiger partial charge in [-0.2, -0.15) is 4.31 Å². The highest BCUT2D eigenvalue weighted by atomic mass is 32.2. The Morgan fingerprint density at radius 3 is 2.67 bits per heavy atom. The molecule has 4 rings (SSSR count). The van der Waals surface area contributed by atoms with Crippen molar-refractivity contribution in [3.8, 4) is 5.75 Å². The Morgan fingerprint density at radius 1 is 1.09 bits per heavy atom. The van der Waals surface area contributed by atoms with Crippen LogP contribution in [0.2, 0.25) is 0 Å². The first-order chi connectivity index (χ1) is 16.0. The maximum atomic E-state index is 13.6. The van der Waals surface area contributed by atoms with Gasteiger partial charge in [0.2, 0.25) is 10.0 Å². The molecular formula is C25H30FN3O3S. The quantitative estimate of drug-likeness (QED) is 0.435. The molecule has 0 radical (unpaired) electrons. The summed E-state index contributed by atoms with van der Waals surface area (Å²) in [6.07, 6.45) is 6.72. The molecule has 1 saturated heterocycles. The summed E-state index contributed by atoms with van der Waals surface area (Å²) in [6, 6.07) is 13.5. The highest BCUT2D eigenvalue weighted by Gasteiger charge is 2.31. The number of sulfonamides is 1. The van der Waals surface area contributed by atoms with Crippen LogP contribution < -0.4 is 4.74 Å². The van der Waals surface area contributed by atoms with Gasteiger partial charge in [-0.15, -0.1) is 0 Å². The number of ether oxygens (including phenoxy) is 1. The standard InChI is InChI=1S/C25H30FN3O3S/c1-28(33(30,31)25-10-6-7-20-19-27-14-11-22(20)25)21-12-16-29(17-13-21)15-4-5-18-32-24-9-3-2-8-23(24)26/h2-3,6-11,14,19,21H,4-5,12-13,15-18H2,1H3. The second kappa shape index (κ2) is 10.6. The number of halogens is 1. The second-order valence-corrected chi connectivity index (χ2v) is 10.4. The smallest absolute Gasteiger partial charge is 0.243 e. The number of aromatic nitrogens is 1. The van der Waals surface area contributed by atoms with Crippen molar-refractivity contribution >= 4 is 20.8 Å². The van der Waals surface area contributed by atoms with Crippen molar-refractivity contribution in [3.63, 3.8) is 0 Å². The topological polar surface area (TPSA) is 62.7 Å². The van der Waals surface area contributed by atoms with Crippen LogP contribution in [0.4, 0.5) is 4.39 Å². The molecule has 0 spiro atoms. The van der Waals surface area contributed by atoms with Gasteiger partial charge in [0.15, 0.2) is 11.6 Å². The Bertz CT molecular complexity index is 1170. The van der Waals surface area contributed by atoms with E-state index < -0.39 is 10.0 Å². The van der Waals surface area contributed by atoms with Crippen LogP contribution in [0.15, 0.2) is 65.8 Å². The summed E-state index contributed by atoms with van der Waals surface area (Å²) in [6.45, 7) is 3.13. The molecule has 176 valence electrons. The van der Waals surface area contributed by atoms with Gasteiger partial charge >= 0.3 is 0 Å². The van der Waals surface area contributed by atoms with E-state index in [-0.39, 0.29) is 11.9 Å². The fourth-order valence-corrected chi connectivity index (χ4v) is 5.99. The lowest BCUT2D eigenvalue weighted by Gasteiger charge is -2.36. The van der Waals surface area contributed by atoms with Crippen LogP contribution in [0.1, 0.15) is 25.7 Å². The van der Waals surface area contributed by atoms with Crippen molar-refractivity contribution in [1.29, 1.82) is 0 Å². The molecule has 3 aromatic rings. The summed E-state index contributed by atoms with van der Waals surface area (Å²) < 4.78 is 47.4. The predicted molar refractivity (Wildman–Crippen MR) is 127 cm³/mol. The molecule has 0 saturated carbocycles. The first-order valence-corrected chi connectivity index (χ1v) is 12.8. The summed E-state index contributed by atoms with van der Waals surface area (Å²) >= 11 is 0. The van der Waals surface area contributed by atoms with Gasteiger partial charge in [-0.25, -0.2) is 12.8 Å². The van der Waals surface area contributed by atoms with Gasteiger partial charge in [0.1, 0.15) is 0 Å². The largest absolute Gasteiger partial charge is 0.491 e. The number of rotatable bonds is 9. The van der Waals surface area contributed by atoms with Crippen LogP contribution in [0.25, 0.3) is 10.8 Å². The lowest BCUT2D eigenvalue weighted by Crippen LogP contribution is -2.45. The highest BCUT2D eigenvalue weighted by molar-refractivity contribution is 7.89. The molecular weight excluding hydrogens is 441 g/mol. The van der Waals surface area contributed by atoms with Gasteiger partial charge in [-0.3, -0.25) is 4.98 Å². The van der Waals surface area contributed by atoms with Crippen LogP contribution in [-0.2, 0) is 10.0 Å². The molecule has 2 aromatic carbocycles. The van der Waals surface area contributed by atoms with Gasteiger partial charge in [-0.05, 0) is 69.6 Å². The van der Waals surface area contributed by atoms with E-state index in [0.29, 0.717) is 22.6 Å². The zero-order chi connectivity index (χ0) is 23.3. The van der Waals surface area contributed by atoms with Gasteiger partial charge in [0, 0.05) is 36.3 Å². The Hall–Kier alpha value is -2.55. The molecule has 8 heteroatoms. The maximum Gasteiger partial charge on any atom is 0.243 e. The lowest BCUT2D eigenvalue weighted by molar-refractivity contribution is 0.164. The summed E-state index contributed by atoms with van der Waals surface area (Å²) in [5.41, 5.74) is 0. The maximum absolute atomic E-state index is 13.6. The number of hydrogen-bond donors (Lipinski definition) is 0. The van der Waals surface area contributed by atoms with Crippen LogP contribution in [0, 0.1) is 5.82 Å². The molecule has 2 heterocycles. The molecule has 0 N–H and O–H groups in total. The van der Waals surface area contributed by atoms with Crippen molar-refractivity contribution in [2.45, 2.75) is 36.6 Å². The zero-order valence-corrected chi connectivity index (χ0v) is 19.7. The Labute approximate surface area is 195 Å². The molecule has 1 aliphatic heterocycles. The van der Waals surface area contributed by atoms with E-state index in [2.05, 4.69) is 9.88 Å². The molecule has 1 fully saturated rings. The van der Waals surface area contributed by atoms with Crippen molar-refractivity contribution in [1.82, 2.24) is 14.2 Å². The third-order valence-corrected chi connectivity index (χ3v) is 8.30. The van der Waals surface area contributed by atoms with E-state index in [0.717, 1.165) is 50.7 Å². The Balaban J connectivity index is 1.25. The molecule has 6 nitrogen and oxygen atoms in total. The molecule has 0 amide bonds. The fraction of sp³-hybridized carbons (Fsp3) is 0.400. The van der Waals surface area contributed by atoms with Gasteiger partial charge in [0.25, 0.3) is 0 Å². The number of para-hydroxylation sites is 1. The first kappa shape index (κ1) is 23.6. The fourth-order valence-electron chi connectivity index (χ4n) is 4.36. The molecule has 0 bridgehead atoms. The van der Waals surface area contributed by atoms with Crippen LogP contribution in [-0.4, -0.2) is 61.9 Å². The monoisotopic (exact) mass is 471 g/mol. The number of likely N-dealkylation sites (tertiary alicyclic amines) is 1. The van der Waals surface area contributed by atoms with Gasteiger partial charge in [-0.1, -0.05) is 24.3 Å². The van der Waals surface area contributed by atoms with Gasteiger partial charge < -0.3 is 9.64 Å². The number of benzene rings is 2. The average Bonchev–Trinajstić information content (AvgIpc) is 2.84. The van der Waals surface area contributed by atoms with Crippen LogP contribution in [0.3, 0.4) is 0 Å². The number of unbranched alkanes of at least 4 members (excludes halogenated alkanes) is 1. The molecule has 1 aromatic heterocycles. The molecule has 33 heavy (non-hydrogen) atoms. The lowest BCUT2D eigenvalue weighted by atomic mass is 10.1. The summed E-state index contributed by atoms with van der Waals surface area (Å²) in [5, 5.41) is 1.52. The molecule has 0 aliphatic carbocycles. The van der Waals surface area contributed by atoms with E-state index in [1.807, 2.05) is 6.07 Å². The number of pyridine rings is 1. The number of nitrogens with zero attached hydrogens (tertiary/aromatic N) is 3. The van der Waals surface area contributed by atoms with Crippen molar-refractivity contribution < 1.29 is 17.5 Å².